The zero-order valence-electron chi connectivity index (χ0n) is 26.8. The fourth-order valence-electron chi connectivity index (χ4n) is 8.47. The van der Waals surface area contributed by atoms with Crippen molar-refractivity contribution in [2.75, 3.05) is 12.3 Å². The lowest BCUT2D eigenvalue weighted by molar-refractivity contribution is -0.206. The second-order valence-corrected chi connectivity index (χ2v) is 13.6. The van der Waals surface area contributed by atoms with Crippen LogP contribution in [-0.4, -0.2) is 48.9 Å². The van der Waals surface area contributed by atoms with Gasteiger partial charge in [-0.25, -0.2) is 9.97 Å². The SMILES string of the molecule is Cn1ncc2c1CCCC2c1nc(-c2ccc(C(=O)NC3NCCC(C(F)(F)F)C3C3CCCCCCC3)cc2)c2c(N)nccn12. The number of benzene rings is 1. The zero-order chi connectivity index (χ0) is 32.7. The summed E-state index contributed by atoms with van der Waals surface area (Å²) in [6.07, 6.45) is 10.0. The molecule has 250 valence electrons. The molecule has 4 heterocycles. The Balaban J connectivity index is 1.16. The summed E-state index contributed by atoms with van der Waals surface area (Å²) in [4.78, 5) is 23.0. The molecule has 2 fully saturated rings. The summed E-state index contributed by atoms with van der Waals surface area (Å²) in [5.74, 6) is -1.34. The van der Waals surface area contributed by atoms with Crippen LogP contribution in [0.1, 0.15) is 97.6 Å². The molecule has 1 saturated heterocycles. The molecule has 1 saturated carbocycles. The van der Waals surface area contributed by atoms with Crippen molar-refractivity contribution >= 4 is 17.2 Å². The number of anilines is 1. The molecule has 4 atom stereocenters. The third kappa shape index (κ3) is 6.12. The summed E-state index contributed by atoms with van der Waals surface area (Å²) < 4.78 is 46.9. The number of nitrogens with one attached hydrogen (secondary N) is 2. The second-order valence-electron chi connectivity index (χ2n) is 13.6. The van der Waals surface area contributed by atoms with E-state index >= 15 is 0 Å². The number of carbonyl (C=O) groups is 1. The van der Waals surface area contributed by atoms with Crippen molar-refractivity contribution in [3.63, 3.8) is 0 Å². The van der Waals surface area contributed by atoms with Gasteiger partial charge in [-0.15, -0.1) is 0 Å². The Morgan fingerprint density at radius 2 is 1.77 bits per heavy atom. The molecule has 4 N–H and O–H groups in total. The van der Waals surface area contributed by atoms with E-state index in [9.17, 15) is 18.0 Å². The van der Waals surface area contributed by atoms with Crippen LogP contribution in [0.3, 0.4) is 0 Å². The fraction of sp³-hybridized carbons (Fsp3) is 0.543. The van der Waals surface area contributed by atoms with Crippen LogP contribution < -0.4 is 16.4 Å². The van der Waals surface area contributed by atoms with Crippen LogP contribution in [0.2, 0.25) is 0 Å². The van der Waals surface area contributed by atoms with Crippen LogP contribution in [0, 0.1) is 17.8 Å². The summed E-state index contributed by atoms with van der Waals surface area (Å²) >= 11 is 0. The number of nitrogens with two attached hydrogens (primary N) is 1. The van der Waals surface area contributed by atoms with Crippen LogP contribution >= 0.6 is 0 Å². The Hall–Kier alpha value is -3.93. The molecule has 2 aliphatic carbocycles. The smallest absolute Gasteiger partial charge is 0.382 e. The maximum absolute atomic E-state index is 14.3. The zero-order valence-corrected chi connectivity index (χ0v) is 26.8. The quantitative estimate of drug-likeness (QED) is 0.231. The van der Waals surface area contributed by atoms with Gasteiger partial charge in [0.2, 0.25) is 0 Å². The summed E-state index contributed by atoms with van der Waals surface area (Å²) in [6, 6.07) is 7.06. The average Bonchev–Trinajstić information content (AvgIpc) is 3.62. The molecule has 12 heteroatoms. The largest absolute Gasteiger partial charge is 0.392 e. The van der Waals surface area contributed by atoms with E-state index in [1.54, 1.807) is 18.3 Å². The molecule has 0 spiro atoms. The Labute approximate surface area is 272 Å². The van der Waals surface area contributed by atoms with Gasteiger partial charge in [-0.1, -0.05) is 57.1 Å². The highest BCUT2D eigenvalue weighted by Gasteiger charge is 2.51. The van der Waals surface area contributed by atoms with Crippen molar-refractivity contribution in [3.8, 4) is 11.3 Å². The first-order valence-electron chi connectivity index (χ1n) is 17.1. The van der Waals surface area contributed by atoms with E-state index in [2.05, 4.69) is 20.7 Å². The van der Waals surface area contributed by atoms with E-state index in [1.807, 2.05) is 40.7 Å². The first-order chi connectivity index (χ1) is 22.7. The van der Waals surface area contributed by atoms with Gasteiger partial charge in [0.15, 0.2) is 0 Å². The van der Waals surface area contributed by atoms with Crippen LogP contribution in [0.25, 0.3) is 16.8 Å². The third-order valence-electron chi connectivity index (χ3n) is 10.8. The van der Waals surface area contributed by atoms with E-state index in [-0.39, 0.29) is 24.8 Å². The number of carbonyl (C=O) groups excluding carboxylic acids is 1. The van der Waals surface area contributed by atoms with Gasteiger partial charge in [0.05, 0.1) is 18.3 Å². The van der Waals surface area contributed by atoms with Gasteiger partial charge in [-0.05, 0) is 50.3 Å². The first-order valence-corrected chi connectivity index (χ1v) is 17.1. The van der Waals surface area contributed by atoms with Crippen molar-refractivity contribution in [1.82, 2.24) is 34.8 Å². The third-order valence-corrected chi connectivity index (χ3v) is 10.8. The molecule has 1 amide bonds. The van der Waals surface area contributed by atoms with Crippen LogP contribution in [0.15, 0.2) is 42.9 Å². The van der Waals surface area contributed by atoms with Crippen molar-refractivity contribution in [1.29, 1.82) is 0 Å². The van der Waals surface area contributed by atoms with Gasteiger partial charge >= 0.3 is 6.18 Å². The van der Waals surface area contributed by atoms with E-state index in [1.165, 1.54) is 11.3 Å². The maximum atomic E-state index is 14.3. The van der Waals surface area contributed by atoms with Crippen molar-refractivity contribution < 1.29 is 18.0 Å². The number of alkyl halides is 3. The molecule has 4 unspecified atom stereocenters. The second kappa shape index (κ2) is 12.9. The van der Waals surface area contributed by atoms with Crippen molar-refractivity contribution in [2.24, 2.45) is 24.8 Å². The molecular formula is C35H43F3N8O. The number of rotatable bonds is 5. The summed E-state index contributed by atoms with van der Waals surface area (Å²) in [5.41, 5.74) is 11.3. The number of aryl methyl sites for hydroxylation is 1. The number of amides is 1. The van der Waals surface area contributed by atoms with Gasteiger partial charge in [-0.3, -0.25) is 19.2 Å². The number of nitrogen functional groups attached to an aromatic ring is 1. The predicted molar refractivity (Wildman–Crippen MR) is 174 cm³/mol. The number of fused-ring (bicyclic) bond motifs is 2. The lowest BCUT2D eigenvalue weighted by Gasteiger charge is -2.44. The van der Waals surface area contributed by atoms with Crippen LogP contribution in [-0.2, 0) is 13.5 Å². The molecule has 9 nitrogen and oxygen atoms in total. The Bertz CT molecular complexity index is 1720. The highest BCUT2D eigenvalue weighted by Crippen LogP contribution is 2.45. The maximum Gasteiger partial charge on any atom is 0.392 e. The molecule has 1 aromatic carbocycles. The fourth-order valence-corrected chi connectivity index (χ4v) is 8.47. The minimum atomic E-state index is -4.31. The Kier molecular flexibility index (Phi) is 8.71. The van der Waals surface area contributed by atoms with Gasteiger partial charge < -0.3 is 11.1 Å². The summed E-state index contributed by atoms with van der Waals surface area (Å²) in [6.45, 7) is 0.212. The topological polar surface area (TPSA) is 115 Å². The number of halogens is 3. The van der Waals surface area contributed by atoms with Gasteiger partial charge in [0.25, 0.3) is 5.91 Å². The molecule has 7 rings (SSSR count). The number of nitrogens with zero attached hydrogens (tertiary/aromatic N) is 5. The molecule has 0 radical (unpaired) electrons. The molecule has 3 aliphatic rings. The molecule has 4 aromatic rings. The number of hydrogen-bond acceptors (Lipinski definition) is 6. The van der Waals surface area contributed by atoms with E-state index < -0.39 is 30.1 Å². The number of piperidine rings is 1. The van der Waals surface area contributed by atoms with E-state index in [0.29, 0.717) is 22.6 Å². The lowest BCUT2D eigenvalue weighted by Crippen LogP contribution is -2.60. The van der Waals surface area contributed by atoms with E-state index in [0.717, 1.165) is 75.6 Å². The predicted octanol–water partition coefficient (Wildman–Crippen LogP) is 6.38. The van der Waals surface area contributed by atoms with Crippen LogP contribution in [0.5, 0.6) is 0 Å². The van der Waals surface area contributed by atoms with Crippen molar-refractivity contribution in [3.05, 3.63) is 65.5 Å². The lowest BCUT2D eigenvalue weighted by atomic mass is 9.70. The highest BCUT2D eigenvalue weighted by molar-refractivity contribution is 5.95. The molecular weight excluding hydrogens is 605 g/mol. The first kappa shape index (κ1) is 31.7. The van der Waals surface area contributed by atoms with Gasteiger partial charge in [0.1, 0.15) is 22.9 Å². The molecule has 1 aliphatic heterocycles. The van der Waals surface area contributed by atoms with Gasteiger partial charge in [0, 0.05) is 53.7 Å². The normalized spacial score (nSPS) is 24.4. The van der Waals surface area contributed by atoms with Gasteiger partial charge in [-0.2, -0.15) is 18.3 Å². The Morgan fingerprint density at radius 1 is 1.02 bits per heavy atom. The molecule has 0 bridgehead atoms. The summed E-state index contributed by atoms with van der Waals surface area (Å²) in [7, 11) is 1.97. The number of imidazole rings is 1. The van der Waals surface area contributed by atoms with Crippen molar-refractivity contribution in [2.45, 2.75) is 88.9 Å². The number of aromatic nitrogens is 5. The highest BCUT2D eigenvalue weighted by atomic mass is 19.4. The minimum absolute atomic E-state index is 0.0350. The molecule has 47 heavy (non-hydrogen) atoms. The standard InChI is InChI=1S/C35H43F3N8O/c1-45-27-11-7-10-24(25(27)20-42-45)33-43-29(30-31(39)40-18-19-46(30)33)22-12-14-23(15-13-22)34(47)44-32-28(21-8-5-3-2-4-6-9-21)26(16-17-41-32)35(36,37)38/h12-15,18-21,24,26,28,32,41H,2-11,16-17H2,1H3,(H2,39,40)(H,44,47). The Morgan fingerprint density at radius 3 is 2.51 bits per heavy atom. The van der Waals surface area contributed by atoms with E-state index in [4.69, 9.17) is 10.7 Å². The monoisotopic (exact) mass is 648 g/mol. The van der Waals surface area contributed by atoms with Crippen LogP contribution in [0.4, 0.5) is 19.0 Å². The summed E-state index contributed by atoms with van der Waals surface area (Å²) in [5, 5.41) is 10.7. The average molecular weight is 649 g/mol. The minimum Gasteiger partial charge on any atom is -0.382 e. The molecule has 3 aromatic heterocycles. The number of hydrogen-bond donors (Lipinski definition) is 3.